The number of hydrogen-bond acceptors (Lipinski definition) is 3. The van der Waals surface area contributed by atoms with Crippen LogP contribution >= 0.6 is 0 Å². The van der Waals surface area contributed by atoms with Crippen LogP contribution in [-0.2, 0) is 6.42 Å². The Balaban J connectivity index is 2.04. The molecule has 0 aliphatic carbocycles. The van der Waals surface area contributed by atoms with E-state index in [-0.39, 0.29) is 0 Å². The highest BCUT2D eigenvalue weighted by Gasteiger charge is 2.17. The van der Waals surface area contributed by atoms with Crippen molar-refractivity contribution in [1.29, 1.82) is 0 Å². The van der Waals surface area contributed by atoms with E-state index in [1.807, 2.05) is 10.9 Å². The Morgan fingerprint density at radius 2 is 2.50 bits per heavy atom. The molecule has 4 heteroatoms. The van der Waals surface area contributed by atoms with Crippen molar-refractivity contribution < 1.29 is 0 Å². The smallest absolute Gasteiger partial charge is 0.0725 e. The topological polar surface area (TPSA) is 42.7 Å². The van der Waals surface area contributed by atoms with Crippen molar-refractivity contribution in [2.75, 3.05) is 13.1 Å². The van der Waals surface area contributed by atoms with Gasteiger partial charge in [0.15, 0.2) is 0 Å². The number of rotatable bonds is 3. The summed E-state index contributed by atoms with van der Waals surface area (Å²) in [5.41, 5.74) is 1.27. The van der Waals surface area contributed by atoms with E-state index in [4.69, 9.17) is 0 Å². The average Bonchev–Trinajstić information content (AvgIpc) is 2.75. The van der Waals surface area contributed by atoms with Gasteiger partial charge in [-0.3, -0.25) is 0 Å². The van der Waals surface area contributed by atoms with Crippen LogP contribution in [0.5, 0.6) is 0 Å². The number of nitrogens with one attached hydrogen (secondary N) is 1. The van der Waals surface area contributed by atoms with Crippen LogP contribution in [0.4, 0.5) is 0 Å². The fourth-order valence-electron chi connectivity index (χ4n) is 2.03. The lowest BCUT2D eigenvalue weighted by molar-refractivity contribution is 0.468. The summed E-state index contributed by atoms with van der Waals surface area (Å²) in [5, 5.41) is 11.5. The maximum Gasteiger partial charge on any atom is 0.0725 e. The normalized spacial score (nSPS) is 22.1. The number of aromatic nitrogens is 3. The fraction of sp³-hybridized carbons (Fsp3) is 0.800. The van der Waals surface area contributed by atoms with Crippen LogP contribution in [0, 0.1) is 5.92 Å². The predicted octanol–water partition coefficient (Wildman–Crippen LogP) is 1.01. The van der Waals surface area contributed by atoms with E-state index in [0.29, 0.717) is 6.04 Å². The van der Waals surface area contributed by atoms with E-state index in [1.54, 1.807) is 0 Å². The van der Waals surface area contributed by atoms with Crippen LogP contribution in [0.3, 0.4) is 0 Å². The maximum atomic E-state index is 4.10. The van der Waals surface area contributed by atoms with E-state index in [2.05, 4.69) is 29.5 Å². The summed E-state index contributed by atoms with van der Waals surface area (Å²) in [4.78, 5) is 0. The molecule has 1 aliphatic heterocycles. The van der Waals surface area contributed by atoms with Gasteiger partial charge in [0.25, 0.3) is 0 Å². The third-order valence-electron chi connectivity index (χ3n) is 2.80. The summed E-state index contributed by atoms with van der Waals surface area (Å²) in [5.74, 6) is 0.769. The monoisotopic (exact) mass is 194 g/mol. The van der Waals surface area contributed by atoms with E-state index < -0.39 is 0 Å². The highest BCUT2D eigenvalue weighted by atomic mass is 15.4. The van der Waals surface area contributed by atoms with Gasteiger partial charge in [0.1, 0.15) is 0 Å². The van der Waals surface area contributed by atoms with Crippen molar-refractivity contribution in [3.05, 3.63) is 11.9 Å². The minimum Gasteiger partial charge on any atom is -0.316 e. The molecule has 2 rings (SSSR count). The van der Waals surface area contributed by atoms with Crippen LogP contribution < -0.4 is 5.32 Å². The van der Waals surface area contributed by atoms with Crippen LogP contribution in [0.15, 0.2) is 6.20 Å². The molecule has 14 heavy (non-hydrogen) atoms. The van der Waals surface area contributed by atoms with Gasteiger partial charge in [0, 0.05) is 6.04 Å². The second-order valence-corrected chi connectivity index (χ2v) is 4.33. The van der Waals surface area contributed by atoms with E-state index in [9.17, 15) is 0 Å². The zero-order valence-electron chi connectivity index (χ0n) is 8.90. The first-order valence-electron chi connectivity index (χ1n) is 5.37. The minimum atomic E-state index is 0.418. The summed E-state index contributed by atoms with van der Waals surface area (Å²) >= 11 is 0. The van der Waals surface area contributed by atoms with Crippen LogP contribution in [0.2, 0.25) is 0 Å². The first-order valence-corrected chi connectivity index (χ1v) is 5.37. The van der Waals surface area contributed by atoms with Gasteiger partial charge in [0.05, 0.1) is 11.9 Å². The second-order valence-electron chi connectivity index (χ2n) is 4.33. The predicted molar refractivity (Wildman–Crippen MR) is 55.1 cm³/mol. The zero-order valence-corrected chi connectivity index (χ0v) is 8.90. The molecule has 0 aromatic carbocycles. The highest BCUT2D eigenvalue weighted by molar-refractivity contribution is 4.98. The highest BCUT2D eigenvalue weighted by Crippen LogP contribution is 2.16. The first-order chi connectivity index (χ1) is 6.77. The Hall–Kier alpha value is -0.900. The second kappa shape index (κ2) is 4.09. The number of hydrogen-bond donors (Lipinski definition) is 1. The summed E-state index contributed by atoms with van der Waals surface area (Å²) < 4.78 is 2.03. The molecule has 0 amide bonds. The van der Waals surface area contributed by atoms with Crippen LogP contribution in [0.1, 0.15) is 32.0 Å². The van der Waals surface area contributed by atoms with E-state index in [0.717, 1.165) is 25.4 Å². The van der Waals surface area contributed by atoms with Crippen molar-refractivity contribution in [3.63, 3.8) is 0 Å². The van der Waals surface area contributed by atoms with Crippen molar-refractivity contribution >= 4 is 0 Å². The molecule has 1 fully saturated rings. The van der Waals surface area contributed by atoms with Gasteiger partial charge >= 0.3 is 0 Å². The molecule has 1 saturated heterocycles. The lowest BCUT2D eigenvalue weighted by Gasteiger charge is -2.12. The molecule has 1 aromatic rings. The molecule has 0 spiro atoms. The van der Waals surface area contributed by atoms with Gasteiger partial charge in [-0.15, -0.1) is 5.10 Å². The van der Waals surface area contributed by atoms with Gasteiger partial charge in [0.2, 0.25) is 0 Å². The molecule has 0 radical (unpaired) electrons. The van der Waals surface area contributed by atoms with E-state index in [1.165, 1.54) is 12.1 Å². The Morgan fingerprint density at radius 3 is 3.14 bits per heavy atom. The Morgan fingerprint density at radius 1 is 1.64 bits per heavy atom. The average molecular weight is 194 g/mol. The lowest BCUT2D eigenvalue weighted by Crippen LogP contribution is -2.14. The van der Waals surface area contributed by atoms with Crippen LogP contribution in [0.25, 0.3) is 0 Å². The zero-order chi connectivity index (χ0) is 9.97. The Kier molecular flexibility index (Phi) is 2.82. The molecule has 4 nitrogen and oxygen atoms in total. The molecule has 78 valence electrons. The molecule has 2 heterocycles. The van der Waals surface area contributed by atoms with Gasteiger partial charge < -0.3 is 5.32 Å². The van der Waals surface area contributed by atoms with Gasteiger partial charge in [-0.1, -0.05) is 5.21 Å². The molecule has 1 atom stereocenters. The SMILES string of the molecule is CC(C)n1nncc1CC1CCNC1. The molecule has 1 aromatic heterocycles. The summed E-state index contributed by atoms with van der Waals surface area (Å²) in [6, 6.07) is 0.418. The van der Waals surface area contributed by atoms with Crippen molar-refractivity contribution in [2.24, 2.45) is 5.92 Å². The molecule has 1 unspecified atom stereocenters. The quantitative estimate of drug-likeness (QED) is 0.781. The first kappa shape index (κ1) is 9.65. The van der Waals surface area contributed by atoms with Crippen molar-refractivity contribution in [3.8, 4) is 0 Å². The number of nitrogens with zero attached hydrogens (tertiary/aromatic N) is 3. The molecule has 0 bridgehead atoms. The third-order valence-corrected chi connectivity index (χ3v) is 2.80. The van der Waals surface area contributed by atoms with Crippen LogP contribution in [-0.4, -0.2) is 28.1 Å². The summed E-state index contributed by atoms with van der Waals surface area (Å²) in [6.45, 7) is 6.59. The van der Waals surface area contributed by atoms with Gasteiger partial charge in [-0.2, -0.15) is 0 Å². The maximum absolute atomic E-state index is 4.10. The van der Waals surface area contributed by atoms with Crippen molar-refractivity contribution in [1.82, 2.24) is 20.3 Å². The van der Waals surface area contributed by atoms with Crippen molar-refractivity contribution in [2.45, 2.75) is 32.7 Å². The minimum absolute atomic E-state index is 0.418. The standard InChI is InChI=1S/C10H18N4/c1-8(2)14-10(7-12-13-14)5-9-3-4-11-6-9/h7-9,11H,3-6H2,1-2H3. The van der Waals surface area contributed by atoms with Gasteiger partial charge in [-0.25, -0.2) is 4.68 Å². The Labute approximate surface area is 84.7 Å². The van der Waals surface area contributed by atoms with Gasteiger partial charge in [-0.05, 0) is 45.7 Å². The Bertz CT molecular complexity index is 286. The molecular weight excluding hydrogens is 176 g/mol. The molecule has 1 aliphatic rings. The third kappa shape index (κ3) is 1.95. The molecule has 0 saturated carbocycles. The summed E-state index contributed by atoms with van der Waals surface area (Å²) in [6.07, 6.45) is 4.29. The van der Waals surface area contributed by atoms with E-state index >= 15 is 0 Å². The fourth-order valence-corrected chi connectivity index (χ4v) is 2.03. The lowest BCUT2D eigenvalue weighted by atomic mass is 10.0. The summed E-state index contributed by atoms with van der Waals surface area (Å²) in [7, 11) is 0. The molecule has 1 N–H and O–H groups in total. The largest absolute Gasteiger partial charge is 0.316 e. The molecular formula is C10H18N4.